The molecule has 0 aliphatic heterocycles. The molecule has 0 atom stereocenters. The number of nitro benzene ring substituents is 1. The summed E-state index contributed by atoms with van der Waals surface area (Å²) in [6.07, 6.45) is 0. The van der Waals surface area contributed by atoms with Crippen LogP contribution in [0.2, 0.25) is 5.02 Å². The predicted octanol–water partition coefficient (Wildman–Crippen LogP) is 3.97. The quantitative estimate of drug-likeness (QED) is 0.542. The molecule has 0 saturated heterocycles. The van der Waals surface area contributed by atoms with Gasteiger partial charge in [0.1, 0.15) is 5.02 Å². The minimum Gasteiger partial charge on any atom is -0.258 e. The second-order valence-electron chi connectivity index (χ2n) is 4.97. The van der Waals surface area contributed by atoms with Gasteiger partial charge in [0, 0.05) is 6.07 Å². The first kappa shape index (κ1) is 16.6. The van der Waals surface area contributed by atoms with Gasteiger partial charge in [-0.05, 0) is 36.8 Å². The van der Waals surface area contributed by atoms with Gasteiger partial charge >= 0.3 is 0 Å². The second-order valence-corrected chi connectivity index (χ2v) is 8.09. The van der Waals surface area contributed by atoms with E-state index in [2.05, 4.69) is 9.71 Å². The third-order valence-corrected chi connectivity index (χ3v) is 5.91. The minimum atomic E-state index is -4.01. The number of rotatable bonds is 4. The molecule has 1 aromatic heterocycles. The lowest BCUT2D eigenvalue weighted by atomic mass is 10.2. The number of anilines is 1. The first-order valence-corrected chi connectivity index (χ1v) is 9.28. The Morgan fingerprint density at radius 3 is 2.71 bits per heavy atom. The summed E-state index contributed by atoms with van der Waals surface area (Å²) in [7, 11) is -4.01. The molecular formula is C14H10ClN3O4S2. The highest BCUT2D eigenvalue weighted by Gasteiger charge is 2.22. The number of nitrogens with zero attached hydrogens (tertiary/aromatic N) is 2. The molecule has 10 heteroatoms. The van der Waals surface area contributed by atoms with Gasteiger partial charge in [0.25, 0.3) is 15.7 Å². The van der Waals surface area contributed by atoms with Crippen LogP contribution >= 0.6 is 22.9 Å². The topological polar surface area (TPSA) is 102 Å². The molecule has 3 rings (SSSR count). The van der Waals surface area contributed by atoms with Gasteiger partial charge in [-0.3, -0.25) is 14.8 Å². The Kier molecular flexibility index (Phi) is 4.16. The maximum atomic E-state index is 12.4. The van der Waals surface area contributed by atoms with Crippen LogP contribution in [0.5, 0.6) is 0 Å². The summed E-state index contributed by atoms with van der Waals surface area (Å²) in [5.74, 6) is 0. The second kappa shape index (κ2) is 6.00. The standard InChI is InChI=1S/C14H10ClN3O4S2/c1-8-2-5-11-13(6-8)23-14(16-11)17-24(21,22)9-3-4-10(15)12(7-9)18(19)20/h2-7H,1H3,(H,16,17). The van der Waals surface area contributed by atoms with Crippen LogP contribution in [0, 0.1) is 17.0 Å². The zero-order chi connectivity index (χ0) is 17.5. The summed E-state index contributed by atoms with van der Waals surface area (Å²) in [5.41, 5.74) is 1.23. The molecule has 0 saturated carbocycles. The Morgan fingerprint density at radius 2 is 2.00 bits per heavy atom. The summed E-state index contributed by atoms with van der Waals surface area (Å²) in [5, 5.41) is 11.0. The first-order valence-electron chi connectivity index (χ1n) is 6.60. The lowest BCUT2D eigenvalue weighted by Crippen LogP contribution is -2.13. The van der Waals surface area contributed by atoms with Gasteiger partial charge < -0.3 is 0 Å². The van der Waals surface area contributed by atoms with Crippen molar-refractivity contribution in [2.24, 2.45) is 0 Å². The molecule has 0 unspecified atom stereocenters. The third kappa shape index (κ3) is 3.18. The van der Waals surface area contributed by atoms with Gasteiger partial charge in [-0.1, -0.05) is 29.0 Å². The molecule has 0 aliphatic carbocycles. The van der Waals surface area contributed by atoms with E-state index in [0.717, 1.165) is 16.3 Å². The van der Waals surface area contributed by atoms with Gasteiger partial charge in [0.15, 0.2) is 5.13 Å². The number of thiazole rings is 1. The van der Waals surface area contributed by atoms with E-state index in [1.165, 1.54) is 23.5 Å². The minimum absolute atomic E-state index is 0.130. The zero-order valence-corrected chi connectivity index (χ0v) is 14.6. The van der Waals surface area contributed by atoms with Crippen molar-refractivity contribution in [2.45, 2.75) is 11.8 Å². The number of nitrogens with one attached hydrogen (secondary N) is 1. The fourth-order valence-corrected chi connectivity index (χ4v) is 4.45. The SMILES string of the molecule is Cc1ccc2nc(NS(=O)(=O)c3ccc(Cl)c([N+](=O)[O-])c3)sc2c1. The number of fused-ring (bicyclic) bond motifs is 1. The van der Waals surface area contributed by atoms with Crippen molar-refractivity contribution in [3.63, 3.8) is 0 Å². The van der Waals surface area contributed by atoms with Crippen LogP contribution in [0.4, 0.5) is 10.8 Å². The molecule has 124 valence electrons. The summed E-state index contributed by atoms with van der Waals surface area (Å²) in [6, 6.07) is 8.88. The predicted molar refractivity (Wildman–Crippen MR) is 93.3 cm³/mol. The van der Waals surface area contributed by atoms with Crippen molar-refractivity contribution in [3.8, 4) is 0 Å². The van der Waals surface area contributed by atoms with Crippen molar-refractivity contribution in [3.05, 3.63) is 57.1 Å². The molecular weight excluding hydrogens is 374 g/mol. The Labute approximate surface area is 146 Å². The van der Waals surface area contributed by atoms with Crippen molar-refractivity contribution < 1.29 is 13.3 Å². The number of hydrogen-bond acceptors (Lipinski definition) is 6. The van der Waals surface area contributed by atoms with E-state index in [9.17, 15) is 18.5 Å². The van der Waals surface area contributed by atoms with Crippen molar-refractivity contribution >= 4 is 54.0 Å². The highest BCUT2D eigenvalue weighted by Crippen LogP contribution is 2.31. The highest BCUT2D eigenvalue weighted by molar-refractivity contribution is 7.93. The zero-order valence-electron chi connectivity index (χ0n) is 12.2. The van der Waals surface area contributed by atoms with Gasteiger partial charge in [-0.25, -0.2) is 13.4 Å². The lowest BCUT2D eigenvalue weighted by molar-refractivity contribution is -0.384. The molecule has 0 fully saturated rings. The van der Waals surface area contributed by atoms with Crippen LogP contribution in [-0.4, -0.2) is 18.3 Å². The molecule has 0 radical (unpaired) electrons. The largest absolute Gasteiger partial charge is 0.289 e. The summed E-state index contributed by atoms with van der Waals surface area (Å²) >= 11 is 6.89. The number of nitro groups is 1. The van der Waals surface area contributed by atoms with E-state index in [-0.39, 0.29) is 15.0 Å². The molecule has 1 N–H and O–H groups in total. The molecule has 0 amide bonds. The van der Waals surface area contributed by atoms with Gasteiger partial charge in [-0.15, -0.1) is 0 Å². The van der Waals surface area contributed by atoms with E-state index >= 15 is 0 Å². The number of sulfonamides is 1. The average Bonchev–Trinajstić information content (AvgIpc) is 2.87. The number of halogens is 1. The van der Waals surface area contributed by atoms with Crippen LogP contribution in [0.25, 0.3) is 10.2 Å². The molecule has 3 aromatic rings. The molecule has 1 heterocycles. The van der Waals surface area contributed by atoms with E-state index in [0.29, 0.717) is 5.52 Å². The Morgan fingerprint density at radius 1 is 1.25 bits per heavy atom. The molecule has 2 aromatic carbocycles. The molecule has 7 nitrogen and oxygen atoms in total. The van der Waals surface area contributed by atoms with Crippen LogP contribution in [0.3, 0.4) is 0 Å². The lowest BCUT2D eigenvalue weighted by Gasteiger charge is -2.05. The molecule has 0 spiro atoms. The Bertz CT molecular complexity index is 1060. The maximum absolute atomic E-state index is 12.4. The average molecular weight is 384 g/mol. The maximum Gasteiger partial charge on any atom is 0.289 e. The highest BCUT2D eigenvalue weighted by atomic mass is 35.5. The van der Waals surface area contributed by atoms with Crippen LogP contribution < -0.4 is 4.72 Å². The molecule has 24 heavy (non-hydrogen) atoms. The van der Waals surface area contributed by atoms with E-state index < -0.39 is 20.6 Å². The van der Waals surface area contributed by atoms with Crippen molar-refractivity contribution in [1.29, 1.82) is 0 Å². The van der Waals surface area contributed by atoms with Gasteiger partial charge in [0.2, 0.25) is 0 Å². The number of aromatic nitrogens is 1. The number of aryl methyl sites for hydroxylation is 1. The first-order chi connectivity index (χ1) is 11.3. The Hall–Kier alpha value is -2.23. The fraction of sp³-hybridized carbons (Fsp3) is 0.0714. The van der Waals surface area contributed by atoms with Crippen molar-refractivity contribution in [2.75, 3.05) is 4.72 Å². The molecule has 0 aliphatic rings. The van der Waals surface area contributed by atoms with E-state index in [4.69, 9.17) is 11.6 Å². The molecule has 0 bridgehead atoms. The Balaban J connectivity index is 1.98. The summed E-state index contributed by atoms with van der Waals surface area (Å²) < 4.78 is 28.0. The van der Waals surface area contributed by atoms with Crippen LogP contribution in [-0.2, 0) is 10.0 Å². The van der Waals surface area contributed by atoms with Gasteiger partial charge in [-0.2, -0.15) is 0 Å². The third-order valence-electron chi connectivity index (χ3n) is 3.19. The smallest absolute Gasteiger partial charge is 0.258 e. The van der Waals surface area contributed by atoms with Crippen LogP contribution in [0.1, 0.15) is 5.56 Å². The fourth-order valence-electron chi connectivity index (χ4n) is 2.05. The van der Waals surface area contributed by atoms with E-state index in [1.807, 2.05) is 19.1 Å². The van der Waals surface area contributed by atoms with Crippen LogP contribution in [0.15, 0.2) is 41.3 Å². The number of benzene rings is 2. The van der Waals surface area contributed by atoms with E-state index in [1.54, 1.807) is 6.07 Å². The normalized spacial score (nSPS) is 11.6. The van der Waals surface area contributed by atoms with Gasteiger partial charge in [0.05, 0.1) is 20.0 Å². The monoisotopic (exact) mass is 383 g/mol. The number of hydrogen-bond donors (Lipinski definition) is 1. The van der Waals surface area contributed by atoms with Crippen molar-refractivity contribution in [1.82, 2.24) is 4.98 Å². The summed E-state index contributed by atoms with van der Waals surface area (Å²) in [6.45, 7) is 1.93. The summed E-state index contributed by atoms with van der Waals surface area (Å²) in [4.78, 5) is 14.1.